The van der Waals surface area contributed by atoms with Gasteiger partial charge < -0.3 is 21.1 Å². The molecule has 0 saturated heterocycles. The van der Waals surface area contributed by atoms with Gasteiger partial charge in [0.2, 0.25) is 5.91 Å². The zero-order valence-electron chi connectivity index (χ0n) is 20.1. The molecule has 3 aromatic rings. The number of amides is 2. The molecule has 6 heteroatoms. The molecule has 6 nitrogen and oxygen atoms in total. The molecule has 0 saturated carbocycles. The Kier molecular flexibility index (Phi) is 10.8. The molecule has 0 aliphatic carbocycles. The number of hydrogen-bond acceptors (Lipinski definition) is 4. The van der Waals surface area contributed by atoms with Crippen LogP contribution in [0.2, 0.25) is 0 Å². The van der Waals surface area contributed by atoms with Crippen molar-refractivity contribution in [2.75, 3.05) is 13.1 Å². The maximum Gasteiger partial charge on any atom is 0.407 e. The Bertz CT molecular complexity index is 970. The highest BCUT2D eigenvalue weighted by Crippen LogP contribution is 2.17. The molecule has 4 N–H and O–H groups in total. The molecule has 0 aromatic heterocycles. The number of nitrogens with one attached hydrogen (secondary N) is 2. The molecule has 0 heterocycles. The summed E-state index contributed by atoms with van der Waals surface area (Å²) in [5.41, 5.74) is 9.17. The maximum atomic E-state index is 13.1. The highest BCUT2D eigenvalue weighted by Gasteiger charge is 2.20. The van der Waals surface area contributed by atoms with Crippen LogP contribution in [0.15, 0.2) is 91.0 Å². The van der Waals surface area contributed by atoms with Crippen LogP contribution in [0.5, 0.6) is 0 Å². The molecular weight excluding hydrogens is 438 g/mol. The van der Waals surface area contributed by atoms with Gasteiger partial charge in [0.1, 0.15) is 6.61 Å². The van der Waals surface area contributed by atoms with Crippen molar-refractivity contribution in [3.8, 4) is 0 Å². The van der Waals surface area contributed by atoms with Gasteiger partial charge in [-0.2, -0.15) is 0 Å². The van der Waals surface area contributed by atoms with Crippen molar-refractivity contribution in [1.29, 1.82) is 0 Å². The summed E-state index contributed by atoms with van der Waals surface area (Å²) in [4.78, 5) is 25.3. The Morgan fingerprint density at radius 3 is 1.71 bits per heavy atom. The van der Waals surface area contributed by atoms with Gasteiger partial charge in [-0.1, -0.05) is 91.0 Å². The quantitative estimate of drug-likeness (QED) is 0.346. The van der Waals surface area contributed by atoms with Crippen LogP contribution in [0.25, 0.3) is 0 Å². The maximum absolute atomic E-state index is 13.1. The van der Waals surface area contributed by atoms with Crippen LogP contribution >= 0.6 is 0 Å². The molecule has 3 aromatic carbocycles. The third-order valence-electron chi connectivity index (χ3n) is 5.96. The predicted octanol–water partition coefficient (Wildman–Crippen LogP) is 4.24. The predicted molar refractivity (Wildman–Crippen MR) is 139 cm³/mol. The van der Waals surface area contributed by atoms with Crippen molar-refractivity contribution in [1.82, 2.24) is 10.6 Å². The van der Waals surface area contributed by atoms with E-state index in [1.807, 2.05) is 66.7 Å². The summed E-state index contributed by atoms with van der Waals surface area (Å²) >= 11 is 0. The molecule has 1 atom stereocenters. The third kappa shape index (κ3) is 9.63. The van der Waals surface area contributed by atoms with Gasteiger partial charge in [0.15, 0.2) is 0 Å². The van der Waals surface area contributed by atoms with Crippen LogP contribution in [-0.2, 0) is 29.0 Å². The average molecular weight is 474 g/mol. The van der Waals surface area contributed by atoms with Crippen molar-refractivity contribution >= 4 is 12.0 Å². The van der Waals surface area contributed by atoms with E-state index in [1.165, 1.54) is 11.1 Å². The second-order valence-electron chi connectivity index (χ2n) is 8.63. The Morgan fingerprint density at radius 2 is 1.23 bits per heavy atom. The van der Waals surface area contributed by atoms with E-state index in [9.17, 15) is 9.59 Å². The van der Waals surface area contributed by atoms with Gasteiger partial charge in [-0.05, 0) is 42.4 Å². The van der Waals surface area contributed by atoms with E-state index in [2.05, 4.69) is 34.9 Å². The van der Waals surface area contributed by atoms with Crippen molar-refractivity contribution in [3.63, 3.8) is 0 Å². The molecule has 184 valence electrons. The number of rotatable bonds is 13. The molecule has 35 heavy (non-hydrogen) atoms. The largest absolute Gasteiger partial charge is 0.445 e. The minimum atomic E-state index is -0.553. The fourth-order valence-corrected chi connectivity index (χ4v) is 3.87. The topological polar surface area (TPSA) is 93.5 Å². The molecule has 0 unspecified atom stereocenters. The van der Waals surface area contributed by atoms with Crippen LogP contribution in [0.1, 0.15) is 29.5 Å². The Morgan fingerprint density at radius 1 is 0.743 bits per heavy atom. The Hall–Kier alpha value is -3.64. The van der Waals surface area contributed by atoms with E-state index in [1.54, 1.807) is 0 Å². The number of hydrogen-bond donors (Lipinski definition) is 3. The molecule has 0 radical (unpaired) electrons. The highest BCUT2D eigenvalue weighted by molar-refractivity contribution is 5.78. The zero-order valence-corrected chi connectivity index (χ0v) is 20.1. The zero-order chi connectivity index (χ0) is 24.7. The second kappa shape index (κ2) is 14.6. The fraction of sp³-hybridized carbons (Fsp3) is 0.310. The van der Waals surface area contributed by atoms with Gasteiger partial charge in [0.05, 0.1) is 6.04 Å². The molecule has 0 fully saturated rings. The molecule has 2 amide bonds. The monoisotopic (exact) mass is 473 g/mol. The van der Waals surface area contributed by atoms with E-state index in [0.29, 0.717) is 0 Å². The van der Waals surface area contributed by atoms with Crippen molar-refractivity contribution in [3.05, 3.63) is 108 Å². The first-order valence-electron chi connectivity index (χ1n) is 12.2. The number of carbonyl (C=O) groups excluding carboxylic acids is 2. The number of aryl methyl sites for hydroxylation is 2. The van der Waals surface area contributed by atoms with Crippen molar-refractivity contribution in [2.24, 2.45) is 11.7 Å². The number of alkyl carbamates (subject to hydrolysis) is 1. The van der Waals surface area contributed by atoms with Crippen LogP contribution in [0.3, 0.4) is 0 Å². The summed E-state index contributed by atoms with van der Waals surface area (Å²) in [6, 6.07) is 29.4. The molecule has 0 spiro atoms. The van der Waals surface area contributed by atoms with Crippen LogP contribution in [-0.4, -0.2) is 31.1 Å². The SMILES string of the molecule is NC[C@@H](CNC(=O)C(CCc1ccccc1)CCc1ccccc1)NC(=O)OCc1ccccc1. The fourth-order valence-electron chi connectivity index (χ4n) is 3.87. The minimum absolute atomic E-state index is 0.0187. The molecule has 0 bridgehead atoms. The lowest BCUT2D eigenvalue weighted by Gasteiger charge is -2.21. The van der Waals surface area contributed by atoms with E-state index in [4.69, 9.17) is 10.5 Å². The van der Waals surface area contributed by atoms with E-state index in [-0.39, 0.29) is 31.5 Å². The van der Waals surface area contributed by atoms with Gasteiger partial charge in [0, 0.05) is 19.0 Å². The lowest BCUT2D eigenvalue weighted by atomic mass is 9.92. The Balaban J connectivity index is 1.50. The number of ether oxygens (including phenoxy) is 1. The lowest BCUT2D eigenvalue weighted by Crippen LogP contribution is -2.49. The molecule has 0 aliphatic rings. The first kappa shape index (κ1) is 26.0. The summed E-state index contributed by atoms with van der Waals surface area (Å²) in [7, 11) is 0. The van der Waals surface area contributed by atoms with Gasteiger partial charge in [-0.15, -0.1) is 0 Å². The molecule has 0 aliphatic heterocycles. The first-order chi connectivity index (χ1) is 17.1. The van der Waals surface area contributed by atoms with E-state index in [0.717, 1.165) is 31.2 Å². The normalized spacial score (nSPS) is 11.6. The average Bonchev–Trinajstić information content (AvgIpc) is 2.91. The van der Waals surface area contributed by atoms with Gasteiger partial charge in [0.25, 0.3) is 0 Å². The molecular formula is C29H35N3O3. The molecule has 3 rings (SSSR count). The smallest absolute Gasteiger partial charge is 0.407 e. The minimum Gasteiger partial charge on any atom is -0.445 e. The summed E-state index contributed by atoms with van der Waals surface area (Å²) in [6.07, 6.45) is 2.62. The third-order valence-corrected chi connectivity index (χ3v) is 5.96. The summed E-state index contributed by atoms with van der Waals surface area (Å²) in [5.74, 6) is -0.159. The summed E-state index contributed by atoms with van der Waals surface area (Å²) in [5, 5.41) is 5.74. The van der Waals surface area contributed by atoms with Crippen LogP contribution in [0, 0.1) is 5.92 Å². The number of nitrogens with two attached hydrogens (primary N) is 1. The van der Waals surface area contributed by atoms with Gasteiger partial charge >= 0.3 is 6.09 Å². The summed E-state index contributed by atoms with van der Waals surface area (Å²) in [6.45, 7) is 0.625. The number of benzene rings is 3. The van der Waals surface area contributed by atoms with Gasteiger partial charge in [-0.25, -0.2) is 4.79 Å². The summed E-state index contributed by atoms with van der Waals surface area (Å²) < 4.78 is 5.27. The van der Waals surface area contributed by atoms with Crippen LogP contribution in [0.4, 0.5) is 4.79 Å². The number of carbonyl (C=O) groups is 2. The first-order valence-corrected chi connectivity index (χ1v) is 12.2. The Labute approximate surface area is 207 Å². The lowest BCUT2D eigenvalue weighted by molar-refractivity contribution is -0.125. The standard InChI is InChI=1S/C29H35N3O3/c30-20-27(32-29(34)35-22-25-14-8-3-9-15-25)21-31-28(33)26(18-16-23-10-4-1-5-11-23)19-17-24-12-6-2-7-13-24/h1-15,26-27H,16-22,30H2,(H,31,33)(H,32,34)/t27-/m0/s1. The van der Waals surface area contributed by atoms with Gasteiger partial charge in [-0.3, -0.25) is 4.79 Å². The van der Waals surface area contributed by atoms with E-state index < -0.39 is 12.1 Å². The van der Waals surface area contributed by atoms with Crippen LogP contribution < -0.4 is 16.4 Å². The highest BCUT2D eigenvalue weighted by atomic mass is 16.5. The van der Waals surface area contributed by atoms with E-state index >= 15 is 0 Å². The van der Waals surface area contributed by atoms with Crippen molar-refractivity contribution < 1.29 is 14.3 Å². The second-order valence-corrected chi connectivity index (χ2v) is 8.63. The van der Waals surface area contributed by atoms with Crippen molar-refractivity contribution in [2.45, 2.75) is 38.3 Å².